The molecule has 0 amide bonds. The van der Waals surface area contributed by atoms with Crippen molar-refractivity contribution in [3.05, 3.63) is 52.8 Å². The van der Waals surface area contributed by atoms with Crippen molar-refractivity contribution in [1.29, 1.82) is 0 Å². The van der Waals surface area contributed by atoms with E-state index in [0.717, 1.165) is 38.9 Å². The zero-order valence-electron chi connectivity index (χ0n) is 10.8. The molecule has 1 aromatic carbocycles. The van der Waals surface area contributed by atoms with Gasteiger partial charge in [-0.2, -0.15) is 0 Å². The van der Waals surface area contributed by atoms with E-state index in [1.165, 1.54) is 0 Å². The van der Waals surface area contributed by atoms with Crippen LogP contribution < -0.4 is 5.73 Å². The molecule has 3 aromatic rings. The van der Waals surface area contributed by atoms with Gasteiger partial charge in [-0.3, -0.25) is 0 Å². The van der Waals surface area contributed by atoms with Gasteiger partial charge in [0, 0.05) is 28.2 Å². The lowest BCUT2D eigenvalue weighted by molar-refractivity contribution is 1.10. The van der Waals surface area contributed by atoms with Gasteiger partial charge < -0.3 is 10.1 Å². The van der Waals surface area contributed by atoms with E-state index in [2.05, 4.69) is 0 Å². The molecule has 0 fully saturated rings. The monoisotopic (exact) mass is 271 g/mol. The first-order chi connectivity index (χ1) is 9.06. The Morgan fingerprint density at radius 3 is 2.53 bits per heavy atom. The molecule has 2 aromatic heterocycles. The summed E-state index contributed by atoms with van der Waals surface area (Å²) in [5.41, 5.74) is 11.8. The Morgan fingerprint density at radius 2 is 1.84 bits per heavy atom. The van der Waals surface area contributed by atoms with E-state index in [1.54, 1.807) is 0 Å². The Hall–Kier alpha value is -2.00. The summed E-state index contributed by atoms with van der Waals surface area (Å²) in [4.78, 5) is 4.72. The summed E-state index contributed by atoms with van der Waals surface area (Å²) in [6.45, 7) is 4.06. The first kappa shape index (κ1) is 12.1. The maximum Gasteiger partial charge on any atom is 0.140 e. The number of rotatable bonds is 1. The number of anilines is 1. The predicted octanol–water partition coefficient (Wildman–Crippen LogP) is 3.85. The fourth-order valence-corrected chi connectivity index (χ4v) is 2.46. The van der Waals surface area contributed by atoms with Crippen molar-refractivity contribution in [1.82, 2.24) is 9.38 Å². The van der Waals surface area contributed by atoms with Gasteiger partial charge in [-0.15, -0.1) is 0 Å². The third-order valence-corrected chi connectivity index (χ3v) is 3.53. The normalized spacial score (nSPS) is 11.1. The number of pyridine rings is 1. The van der Waals surface area contributed by atoms with E-state index < -0.39 is 0 Å². The van der Waals surface area contributed by atoms with Crippen molar-refractivity contribution in [3.8, 4) is 11.3 Å². The van der Waals surface area contributed by atoms with E-state index in [4.69, 9.17) is 22.3 Å². The largest absolute Gasteiger partial charge is 0.398 e. The number of fused-ring (bicyclic) bond motifs is 1. The van der Waals surface area contributed by atoms with Crippen LogP contribution in [-0.4, -0.2) is 9.38 Å². The molecule has 3 nitrogen and oxygen atoms in total. The highest BCUT2D eigenvalue weighted by molar-refractivity contribution is 6.30. The number of nitrogens with two attached hydrogens (primary N) is 1. The molecule has 0 unspecified atom stereocenters. The molecule has 0 aliphatic heterocycles. The van der Waals surface area contributed by atoms with Crippen LogP contribution in [0.4, 0.5) is 5.69 Å². The number of benzene rings is 1. The van der Waals surface area contributed by atoms with Crippen molar-refractivity contribution in [2.75, 3.05) is 5.73 Å². The SMILES string of the molecule is Cc1cc(N)cn2c(C)c(-c3ccc(Cl)cc3)nc12. The molecule has 0 saturated carbocycles. The zero-order valence-corrected chi connectivity index (χ0v) is 11.6. The summed E-state index contributed by atoms with van der Waals surface area (Å²) in [6.07, 6.45) is 1.91. The van der Waals surface area contributed by atoms with E-state index in [-0.39, 0.29) is 0 Å². The van der Waals surface area contributed by atoms with Crippen LogP contribution in [0.25, 0.3) is 16.9 Å². The summed E-state index contributed by atoms with van der Waals surface area (Å²) in [7, 11) is 0. The molecule has 19 heavy (non-hydrogen) atoms. The van der Waals surface area contributed by atoms with Crippen LogP contribution in [0.2, 0.25) is 5.02 Å². The fourth-order valence-electron chi connectivity index (χ4n) is 2.33. The maximum atomic E-state index is 5.92. The number of imidazole rings is 1. The minimum absolute atomic E-state index is 0.727. The molecule has 0 aliphatic rings. The molecule has 96 valence electrons. The van der Waals surface area contributed by atoms with Gasteiger partial charge in [-0.1, -0.05) is 23.7 Å². The summed E-state index contributed by atoms with van der Waals surface area (Å²) in [6, 6.07) is 9.65. The molecule has 0 bridgehead atoms. The highest BCUT2D eigenvalue weighted by atomic mass is 35.5. The summed E-state index contributed by atoms with van der Waals surface area (Å²) in [5.74, 6) is 0. The number of hydrogen-bond acceptors (Lipinski definition) is 2. The molecule has 0 atom stereocenters. The van der Waals surface area contributed by atoms with Crippen LogP contribution in [-0.2, 0) is 0 Å². The molecule has 3 rings (SSSR count). The number of nitrogen functional groups attached to an aromatic ring is 1. The van der Waals surface area contributed by atoms with E-state index >= 15 is 0 Å². The van der Waals surface area contributed by atoms with Crippen LogP contribution in [0.1, 0.15) is 11.3 Å². The Balaban J connectivity index is 2.28. The standard InChI is InChI=1S/C15H14ClN3/c1-9-7-13(17)8-19-10(2)14(18-15(9)19)11-3-5-12(16)6-4-11/h3-8H,17H2,1-2H3. The molecule has 0 radical (unpaired) electrons. The van der Waals surface area contributed by atoms with Crippen LogP contribution in [0.15, 0.2) is 36.5 Å². The third kappa shape index (κ3) is 1.96. The Labute approximate surface area is 116 Å². The van der Waals surface area contributed by atoms with Gasteiger partial charge in [0.2, 0.25) is 0 Å². The average Bonchev–Trinajstić information content (AvgIpc) is 2.69. The van der Waals surface area contributed by atoms with Crippen molar-refractivity contribution in [2.24, 2.45) is 0 Å². The zero-order chi connectivity index (χ0) is 13.6. The minimum Gasteiger partial charge on any atom is -0.398 e. The van der Waals surface area contributed by atoms with Crippen LogP contribution >= 0.6 is 11.6 Å². The quantitative estimate of drug-likeness (QED) is 0.730. The summed E-state index contributed by atoms with van der Waals surface area (Å²) < 4.78 is 2.04. The second-order valence-corrected chi connectivity index (χ2v) is 5.14. The topological polar surface area (TPSA) is 43.3 Å². The van der Waals surface area contributed by atoms with Gasteiger partial charge in [0.25, 0.3) is 0 Å². The lowest BCUT2D eigenvalue weighted by atomic mass is 10.1. The Morgan fingerprint density at radius 1 is 1.16 bits per heavy atom. The van der Waals surface area contributed by atoms with Gasteiger partial charge in [0.15, 0.2) is 0 Å². The van der Waals surface area contributed by atoms with E-state index in [9.17, 15) is 0 Å². The maximum absolute atomic E-state index is 5.92. The van der Waals surface area contributed by atoms with Crippen LogP contribution in [0.5, 0.6) is 0 Å². The molecule has 0 saturated heterocycles. The highest BCUT2D eigenvalue weighted by Gasteiger charge is 2.12. The van der Waals surface area contributed by atoms with Gasteiger partial charge in [-0.25, -0.2) is 4.98 Å². The van der Waals surface area contributed by atoms with Gasteiger partial charge >= 0.3 is 0 Å². The molecular formula is C15H14ClN3. The lowest BCUT2D eigenvalue weighted by Crippen LogP contribution is -1.94. The first-order valence-corrected chi connectivity index (χ1v) is 6.45. The lowest BCUT2D eigenvalue weighted by Gasteiger charge is -2.02. The van der Waals surface area contributed by atoms with Gasteiger partial charge in [-0.05, 0) is 37.6 Å². The molecule has 2 heterocycles. The molecule has 2 N–H and O–H groups in total. The number of aromatic nitrogens is 2. The summed E-state index contributed by atoms with van der Waals surface area (Å²) in [5, 5.41) is 0.727. The number of hydrogen-bond donors (Lipinski definition) is 1. The van der Waals surface area contributed by atoms with Crippen molar-refractivity contribution in [3.63, 3.8) is 0 Å². The highest BCUT2D eigenvalue weighted by Crippen LogP contribution is 2.27. The number of aryl methyl sites for hydroxylation is 2. The van der Waals surface area contributed by atoms with Crippen molar-refractivity contribution in [2.45, 2.75) is 13.8 Å². The number of nitrogens with zero attached hydrogens (tertiary/aromatic N) is 2. The smallest absolute Gasteiger partial charge is 0.140 e. The molecule has 0 aliphatic carbocycles. The average molecular weight is 272 g/mol. The number of halogens is 1. The predicted molar refractivity (Wildman–Crippen MR) is 79.5 cm³/mol. The Bertz CT molecular complexity index is 757. The van der Waals surface area contributed by atoms with Crippen LogP contribution in [0.3, 0.4) is 0 Å². The fraction of sp³-hybridized carbons (Fsp3) is 0.133. The minimum atomic E-state index is 0.727. The van der Waals surface area contributed by atoms with Crippen molar-refractivity contribution >= 4 is 22.9 Å². The Kier molecular flexibility index (Phi) is 2.72. The second-order valence-electron chi connectivity index (χ2n) is 4.70. The third-order valence-electron chi connectivity index (χ3n) is 3.28. The first-order valence-electron chi connectivity index (χ1n) is 6.07. The van der Waals surface area contributed by atoms with Gasteiger partial charge in [0.05, 0.1) is 5.69 Å². The van der Waals surface area contributed by atoms with Crippen LogP contribution in [0, 0.1) is 13.8 Å². The van der Waals surface area contributed by atoms with Gasteiger partial charge in [0.1, 0.15) is 5.65 Å². The van der Waals surface area contributed by atoms with E-state index in [1.807, 2.05) is 54.8 Å². The summed E-state index contributed by atoms with van der Waals surface area (Å²) >= 11 is 5.92. The second kappa shape index (κ2) is 4.28. The molecular weight excluding hydrogens is 258 g/mol. The van der Waals surface area contributed by atoms with Crippen molar-refractivity contribution < 1.29 is 0 Å². The van der Waals surface area contributed by atoms with E-state index in [0.29, 0.717) is 0 Å². The molecule has 4 heteroatoms. The molecule has 0 spiro atoms.